The lowest BCUT2D eigenvalue weighted by Crippen LogP contribution is -2.25. The van der Waals surface area contributed by atoms with Crippen molar-refractivity contribution in [2.75, 3.05) is 13.2 Å². The fourth-order valence-electron chi connectivity index (χ4n) is 1.84. The summed E-state index contributed by atoms with van der Waals surface area (Å²) in [5.41, 5.74) is 1.16. The van der Waals surface area contributed by atoms with Gasteiger partial charge in [-0.25, -0.2) is 4.98 Å². The summed E-state index contributed by atoms with van der Waals surface area (Å²) in [7, 11) is 0. The molecule has 4 heteroatoms. The number of hydrogen-bond donors (Lipinski definition) is 1. The third-order valence-corrected chi connectivity index (χ3v) is 3.96. The number of rotatable bonds is 5. The van der Waals surface area contributed by atoms with Crippen LogP contribution in [0.2, 0.25) is 0 Å². The first-order valence-corrected chi connectivity index (χ1v) is 6.90. The van der Waals surface area contributed by atoms with Crippen molar-refractivity contribution < 1.29 is 4.74 Å². The highest BCUT2D eigenvalue weighted by atomic mass is 32.1. The van der Waals surface area contributed by atoms with Crippen molar-refractivity contribution >= 4 is 11.3 Å². The minimum absolute atomic E-state index is 0.420. The molecule has 0 aromatic carbocycles. The van der Waals surface area contributed by atoms with Gasteiger partial charge in [0.2, 0.25) is 0 Å². The molecule has 90 valence electrons. The van der Waals surface area contributed by atoms with Gasteiger partial charge in [0.1, 0.15) is 0 Å². The van der Waals surface area contributed by atoms with Crippen LogP contribution in [0.5, 0.6) is 0 Å². The van der Waals surface area contributed by atoms with Crippen LogP contribution in [0.25, 0.3) is 0 Å². The number of nitrogens with one attached hydrogen (secondary N) is 1. The average molecular weight is 240 g/mol. The minimum Gasteiger partial charge on any atom is -0.377 e. The van der Waals surface area contributed by atoms with Crippen molar-refractivity contribution in [1.82, 2.24) is 10.3 Å². The maximum absolute atomic E-state index is 5.55. The van der Waals surface area contributed by atoms with E-state index >= 15 is 0 Å². The molecule has 0 radical (unpaired) electrons. The summed E-state index contributed by atoms with van der Waals surface area (Å²) in [6, 6.07) is 0. The van der Waals surface area contributed by atoms with Crippen LogP contribution in [-0.2, 0) is 11.3 Å². The Balaban J connectivity index is 1.72. The van der Waals surface area contributed by atoms with E-state index in [1.807, 2.05) is 0 Å². The third kappa shape index (κ3) is 3.27. The molecule has 1 atom stereocenters. The fraction of sp³-hybridized carbons (Fsp3) is 0.750. The van der Waals surface area contributed by atoms with Crippen molar-refractivity contribution in [3.63, 3.8) is 0 Å². The van der Waals surface area contributed by atoms with Crippen molar-refractivity contribution in [3.05, 3.63) is 16.1 Å². The Labute approximate surface area is 101 Å². The van der Waals surface area contributed by atoms with Crippen LogP contribution < -0.4 is 5.32 Å². The van der Waals surface area contributed by atoms with Crippen molar-refractivity contribution in [2.45, 2.75) is 45.3 Å². The number of hydrogen-bond acceptors (Lipinski definition) is 4. The van der Waals surface area contributed by atoms with Gasteiger partial charge in [-0.15, -0.1) is 11.3 Å². The summed E-state index contributed by atoms with van der Waals surface area (Å²) in [5.74, 6) is 0.539. The molecule has 1 aromatic heterocycles. The average Bonchev–Trinajstić information content (AvgIpc) is 2.87. The SMILES string of the molecule is CC(C)c1nc(CNCC2CCCO2)cs1. The lowest BCUT2D eigenvalue weighted by molar-refractivity contribution is 0.110. The van der Waals surface area contributed by atoms with Gasteiger partial charge >= 0.3 is 0 Å². The van der Waals surface area contributed by atoms with Gasteiger partial charge in [0.15, 0.2) is 0 Å². The largest absolute Gasteiger partial charge is 0.377 e. The number of nitrogens with zero attached hydrogens (tertiary/aromatic N) is 1. The molecule has 1 N–H and O–H groups in total. The molecule has 1 saturated heterocycles. The summed E-state index contributed by atoms with van der Waals surface area (Å²) in [4.78, 5) is 4.59. The van der Waals surface area contributed by atoms with E-state index in [9.17, 15) is 0 Å². The normalized spacial score (nSPS) is 20.8. The molecule has 1 unspecified atom stereocenters. The van der Waals surface area contributed by atoms with Crippen LogP contribution in [0.3, 0.4) is 0 Å². The Morgan fingerprint density at radius 2 is 2.50 bits per heavy atom. The third-order valence-electron chi connectivity index (χ3n) is 2.77. The lowest BCUT2D eigenvalue weighted by Gasteiger charge is -2.09. The summed E-state index contributed by atoms with van der Waals surface area (Å²) in [6.45, 7) is 7.11. The molecule has 1 aliphatic rings. The highest BCUT2D eigenvalue weighted by molar-refractivity contribution is 7.09. The van der Waals surface area contributed by atoms with Gasteiger partial charge in [-0.05, 0) is 12.8 Å². The molecule has 0 aliphatic carbocycles. The number of thiazole rings is 1. The molecular weight excluding hydrogens is 220 g/mol. The lowest BCUT2D eigenvalue weighted by atomic mass is 10.2. The van der Waals surface area contributed by atoms with Crippen LogP contribution in [0.1, 0.15) is 43.3 Å². The molecule has 0 spiro atoms. The Hall–Kier alpha value is -0.450. The molecule has 2 rings (SSSR count). The maximum atomic E-state index is 5.55. The van der Waals surface area contributed by atoms with Gasteiger partial charge in [0, 0.05) is 31.0 Å². The fourth-order valence-corrected chi connectivity index (χ4v) is 2.67. The Morgan fingerprint density at radius 3 is 3.12 bits per heavy atom. The zero-order valence-electron chi connectivity index (χ0n) is 10.0. The van der Waals surface area contributed by atoms with E-state index in [4.69, 9.17) is 4.74 Å². The molecule has 1 aromatic rings. The highest BCUT2D eigenvalue weighted by Crippen LogP contribution is 2.19. The molecule has 3 nitrogen and oxygen atoms in total. The maximum Gasteiger partial charge on any atom is 0.0954 e. The van der Waals surface area contributed by atoms with Crippen LogP contribution in [0.15, 0.2) is 5.38 Å². The van der Waals surface area contributed by atoms with E-state index in [0.717, 1.165) is 25.4 Å². The van der Waals surface area contributed by atoms with Gasteiger partial charge in [-0.2, -0.15) is 0 Å². The molecule has 1 fully saturated rings. The smallest absolute Gasteiger partial charge is 0.0954 e. The first-order valence-electron chi connectivity index (χ1n) is 6.02. The predicted molar refractivity (Wildman–Crippen MR) is 66.9 cm³/mol. The van der Waals surface area contributed by atoms with Crippen LogP contribution in [0.4, 0.5) is 0 Å². The van der Waals surface area contributed by atoms with Gasteiger partial charge in [-0.3, -0.25) is 0 Å². The minimum atomic E-state index is 0.420. The molecule has 16 heavy (non-hydrogen) atoms. The Morgan fingerprint density at radius 1 is 1.62 bits per heavy atom. The number of ether oxygens (including phenoxy) is 1. The first-order chi connectivity index (χ1) is 7.75. The second kappa shape index (κ2) is 5.75. The van der Waals surface area contributed by atoms with E-state index in [2.05, 4.69) is 29.5 Å². The molecule has 0 amide bonds. The van der Waals surface area contributed by atoms with Crippen LogP contribution in [0, 0.1) is 0 Å². The van der Waals surface area contributed by atoms with E-state index in [-0.39, 0.29) is 0 Å². The monoisotopic (exact) mass is 240 g/mol. The first kappa shape index (κ1) is 12.0. The van der Waals surface area contributed by atoms with Gasteiger partial charge in [-0.1, -0.05) is 13.8 Å². The molecular formula is C12H20N2OS. The number of aromatic nitrogens is 1. The Bertz CT molecular complexity index is 319. The molecule has 0 saturated carbocycles. The van der Waals surface area contributed by atoms with Gasteiger partial charge in [0.05, 0.1) is 16.8 Å². The predicted octanol–water partition coefficient (Wildman–Crippen LogP) is 2.54. The Kier molecular flexibility index (Phi) is 4.32. The standard InChI is InChI=1S/C12H20N2OS/c1-9(2)12-14-10(8-16-12)6-13-7-11-4-3-5-15-11/h8-9,11,13H,3-7H2,1-2H3. The van der Waals surface area contributed by atoms with E-state index in [1.54, 1.807) is 11.3 Å². The second-order valence-electron chi connectivity index (χ2n) is 4.60. The zero-order chi connectivity index (χ0) is 11.4. The quantitative estimate of drug-likeness (QED) is 0.859. The molecule has 0 bridgehead atoms. The summed E-state index contributed by atoms with van der Waals surface area (Å²) in [5, 5.41) is 6.80. The van der Waals surface area contributed by atoms with E-state index < -0.39 is 0 Å². The summed E-state index contributed by atoms with van der Waals surface area (Å²) in [6.07, 6.45) is 2.82. The van der Waals surface area contributed by atoms with Crippen molar-refractivity contribution in [1.29, 1.82) is 0 Å². The van der Waals surface area contributed by atoms with Crippen molar-refractivity contribution in [2.24, 2.45) is 0 Å². The van der Waals surface area contributed by atoms with Crippen molar-refractivity contribution in [3.8, 4) is 0 Å². The van der Waals surface area contributed by atoms with Crippen LogP contribution >= 0.6 is 11.3 Å². The second-order valence-corrected chi connectivity index (χ2v) is 5.49. The molecule has 2 heterocycles. The highest BCUT2D eigenvalue weighted by Gasteiger charge is 2.14. The van der Waals surface area contributed by atoms with Gasteiger partial charge < -0.3 is 10.1 Å². The van der Waals surface area contributed by atoms with Gasteiger partial charge in [0.25, 0.3) is 0 Å². The molecule has 1 aliphatic heterocycles. The van der Waals surface area contributed by atoms with Crippen LogP contribution in [-0.4, -0.2) is 24.2 Å². The summed E-state index contributed by atoms with van der Waals surface area (Å²) < 4.78 is 5.55. The van der Waals surface area contributed by atoms with E-state index in [0.29, 0.717) is 12.0 Å². The van der Waals surface area contributed by atoms with E-state index in [1.165, 1.54) is 17.8 Å². The zero-order valence-corrected chi connectivity index (χ0v) is 10.8. The summed E-state index contributed by atoms with van der Waals surface area (Å²) >= 11 is 1.76. The topological polar surface area (TPSA) is 34.2 Å².